The maximum Gasteiger partial charge on any atom is 0.339 e. The molecule has 1 aliphatic rings. The standard InChI is InChI=1S/C14H16I3NO2/c1-14(4-3-5-18(2)8-14)20-13(19)10-6-9(15)7-11(16)12(10)17/h6-7H,3-5,8H2,1-2H3. The van der Waals surface area contributed by atoms with Crippen molar-refractivity contribution in [3.63, 3.8) is 0 Å². The Morgan fingerprint density at radius 1 is 1.35 bits per heavy atom. The first-order chi connectivity index (χ1) is 9.31. The minimum atomic E-state index is -0.375. The smallest absolute Gasteiger partial charge is 0.339 e. The molecule has 0 N–H and O–H groups in total. The van der Waals surface area contributed by atoms with Crippen molar-refractivity contribution >= 4 is 73.7 Å². The summed E-state index contributed by atoms with van der Waals surface area (Å²) in [5, 5.41) is 0. The SMILES string of the molecule is CN1CCCC(C)(OC(=O)c2cc(I)cc(I)c2I)C1. The van der Waals surface area contributed by atoms with Crippen LogP contribution in [0.5, 0.6) is 0 Å². The summed E-state index contributed by atoms with van der Waals surface area (Å²) in [6.07, 6.45) is 2.00. The number of hydrogen-bond acceptors (Lipinski definition) is 3. The summed E-state index contributed by atoms with van der Waals surface area (Å²) in [5.41, 5.74) is 0.302. The third-order valence-corrected chi connectivity index (χ3v) is 7.07. The lowest BCUT2D eigenvalue weighted by Gasteiger charge is -2.38. The first kappa shape index (κ1) is 17.2. The van der Waals surface area contributed by atoms with Gasteiger partial charge in [0.25, 0.3) is 0 Å². The maximum absolute atomic E-state index is 12.5. The van der Waals surface area contributed by atoms with Gasteiger partial charge < -0.3 is 9.64 Å². The molecule has 3 nitrogen and oxygen atoms in total. The lowest BCUT2D eigenvalue weighted by Crippen LogP contribution is -2.47. The lowest BCUT2D eigenvalue weighted by atomic mass is 9.95. The van der Waals surface area contributed by atoms with Crippen molar-refractivity contribution in [3.8, 4) is 0 Å². The highest BCUT2D eigenvalue weighted by Crippen LogP contribution is 2.28. The Labute approximate surface area is 160 Å². The Hall–Kier alpha value is 0.840. The van der Waals surface area contributed by atoms with Gasteiger partial charge in [0.15, 0.2) is 0 Å². The van der Waals surface area contributed by atoms with Crippen LogP contribution in [-0.2, 0) is 4.74 Å². The van der Waals surface area contributed by atoms with Crippen LogP contribution in [0.15, 0.2) is 12.1 Å². The topological polar surface area (TPSA) is 29.5 Å². The van der Waals surface area contributed by atoms with E-state index in [9.17, 15) is 4.79 Å². The molecular formula is C14H16I3NO2. The molecule has 110 valence electrons. The van der Waals surface area contributed by atoms with E-state index in [4.69, 9.17) is 4.74 Å². The van der Waals surface area contributed by atoms with Gasteiger partial charge in [-0.2, -0.15) is 0 Å². The minimum absolute atomic E-state index is 0.205. The molecule has 0 spiro atoms. The van der Waals surface area contributed by atoms with Crippen LogP contribution in [0.25, 0.3) is 0 Å². The first-order valence-corrected chi connectivity index (χ1v) is 9.61. The van der Waals surface area contributed by atoms with E-state index in [2.05, 4.69) is 85.8 Å². The molecule has 2 rings (SSSR count). The van der Waals surface area contributed by atoms with Crippen LogP contribution in [0.2, 0.25) is 0 Å². The summed E-state index contributed by atoms with van der Waals surface area (Å²) >= 11 is 6.71. The molecule has 0 aliphatic carbocycles. The second-order valence-corrected chi connectivity index (χ2v) is 8.92. The Kier molecular flexibility index (Phi) is 5.97. The molecule has 0 saturated carbocycles. The summed E-state index contributed by atoms with van der Waals surface area (Å²) in [4.78, 5) is 14.7. The van der Waals surface area contributed by atoms with Crippen LogP contribution in [0.3, 0.4) is 0 Å². The number of halogens is 3. The molecule has 1 atom stereocenters. The second kappa shape index (κ2) is 6.95. The number of piperidine rings is 1. The van der Waals surface area contributed by atoms with Gasteiger partial charge in [0.05, 0.1) is 5.56 Å². The molecule has 1 heterocycles. The Morgan fingerprint density at radius 2 is 2.05 bits per heavy atom. The molecule has 0 amide bonds. The third kappa shape index (κ3) is 4.19. The molecule has 1 fully saturated rings. The summed E-state index contributed by atoms with van der Waals surface area (Å²) in [5.74, 6) is -0.205. The van der Waals surface area contributed by atoms with Crippen LogP contribution < -0.4 is 0 Å². The predicted molar refractivity (Wildman–Crippen MR) is 105 cm³/mol. The van der Waals surface area contributed by atoms with Gasteiger partial charge in [0.2, 0.25) is 0 Å². The highest BCUT2D eigenvalue weighted by atomic mass is 127. The molecule has 0 aromatic heterocycles. The molecule has 6 heteroatoms. The van der Waals surface area contributed by atoms with Gasteiger partial charge in [-0.25, -0.2) is 4.79 Å². The zero-order chi connectivity index (χ0) is 14.9. The van der Waals surface area contributed by atoms with Gasteiger partial charge >= 0.3 is 5.97 Å². The fourth-order valence-corrected chi connectivity index (χ4v) is 4.89. The number of ether oxygens (including phenoxy) is 1. The Morgan fingerprint density at radius 3 is 2.70 bits per heavy atom. The van der Waals surface area contributed by atoms with Gasteiger partial charge in [-0.3, -0.25) is 0 Å². The number of carbonyl (C=O) groups excluding carboxylic acids is 1. The van der Waals surface area contributed by atoms with Crippen LogP contribution in [0.4, 0.5) is 0 Å². The summed E-state index contributed by atoms with van der Waals surface area (Å²) < 4.78 is 8.96. The predicted octanol–water partition coefficient (Wildman–Crippen LogP) is 4.14. The Bertz CT molecular complexity index is 535. The van der Waals surface area contributed by atoms with E-state index in [1.165, 1.54) is 0 Å². The average Bonchev–Trinajstić information content (AvgIpc) is 2.32. The van der Waals surface area contributed by atoms with Crippen LogP contribution in [-0.4, -0.2) is 36.6 Å². The summed E-state index contributed by atoms with van der Waals surface area (Å²) in [7, 11) is 2.07. The molecule has 1 aliphatic heterocycles. The number of nitrogens with zero attached hydrogens (tertiary/aromatic N) is 1. The molecule has 1 aromatic carbocycles. The fourth-order valence-electron chi connectivity index (χ4n) is 2.52. The van der Waals surface area contributed by atoms with E-state index in [0.717, 1.165) is 36.6 Å². The van der Waals surface area contributed by atoms with E-state index >= 15 is 0 Å². The molecular weight excluding hydrogens is 595 g/mol. The van der Waals surface area contributed by atoms with Crippen molar-refractivity contribution in [2.24, 2.45) is 0 Å². The van der Waals surface area contributed by atoms with E-state index in [1.54, 1.807) is 0 Å². The average molecular weight is 611 g/mol. The van der Waals surface area contributed by atoms with Crippen molar-refractivity contribution < 1.29 is 9.53 Å². The highest BCUT2D eigenvalue weighted by Gasteiger charge is 2.34. The van der Waals surface area contributed by atoms with Crippen molar-refractivity contribution in [2.45, 2.75) is 25.4 Å². The van der Waals surface area contributed by atoms with E-state index in [0.29, 0.717) is 5.56 Å². The number of likely N-dealkylation sites (tertiary alicyclic amines) is 1. The van der Waals surface area contributed by atoms with Crippen LogP contribution in [0.1, 0.15) is 30.1 Å². The quantitative estimate of drug-likeness (QED) is 0.287. The number of benzene rings is 1. The molecule has 1 unspecified atom stereocenters. The summed E-state index contributed by atoms with van der Waals surface area (Å²) in [6, 6.07) is 3.97. The van der Waals surface area contributed by atoms with Crippen molar-refractivity contribution in [1.29, 1.82) is 0 Å². The number of carbonyl (C=O) groups is 1. The monoisotopic (exact) mass is 611 g/mol. The van der Waals surface area contributed by atoms with Crippen LogP contribution in [0, 0.1) is 10.7 Å². The molecule has 20 heavy (non-hydrogen) atoms. The van der Waals surface area contributed by atoms with Gasteiger partial charge in [0.1, 0.15) is 5.60 Å². The zero-order valence-corrected chi connectivity index (χ0v) is 17.9. The van der Waals surface area contributed by atoms with Gasteiger partial charge in [-0.05, 0) is 113 Å². The largest absolute Gasteiger partial charge is 0.454 e. The van der Waals surface area contributed by atoms with Crippen LogP contribution >= 0.6 is 67.8 Å². The van der Waals surface area contributed by atoms with E-state index < -0.39 is 0 Å². The minimum Gasteiger partial charge on any atom is -0.454 e. The van der Waals surface area contributed by atoms with E-state index in [1.807, 2.05) is 13.0 Å². The first-order valence-electron chi connectivity index (χ1n) is 6.37. The number of esters is 1. The van der Waals surface area contributed by atoms with E-state index in [-0.39, 0.29) is 11.6 Å². The van der Waals surface area contributed by atoms with Crippen molar-refractivity contribution in [2.75, 3.05) is 20.1 Å². The van der Waals surface area contributed by atoms with Crippen molar-refractivity contribution in [1.82, 2.24) is 4.90 Å². The van der Waals surface area contributed by atoms with Gasteiger partial charge in [-0.15, -0.1) is 0 Å². The molecule has 1 saturated heterocycles. The normalized spacial score (nSPS) is 23.6. The lowest BCUT2D eigenvalue weighted by molar-refractivity contribution is -0.0418. The second-order valence-electron chi connectivity index (χ2n) is 5.43. The Balaban J connectivity index is 2.20. The molecule has 0 radical (unpaired) electrons. The number of rotatable bonds is 2. The molecule has 1 aromatic rings. The maximum atomic E-state index is 12.5. The zero-order valence-electron chi connectivity index (χ0n) is 11.4. The molecule has 0 bridgehead atoms. The number of hydrogen-bond donors (Lipinski definition) is 0. The number of likely N-dealkylation sites (N-methyl/N-ethyl adjacent to an activating group) is 1. The fraction of sp³-hybridized carbons (Fsp3) is 0.500. The van der Waals surface area contributed by atoms with Gasteiger partial charge in [-0.1, -0.05) is 0 Å². The van der Waals surface area contributed by atoms with Gasteiger partial charge in [0, 0.05) is 17.3 Å². The third-order valence-electron chi connectivity index (χ3n) is 3.40. The summed E-state index contributed by atoms with van der Waals surface area (Å²) in [6.45, 7) is 3.91. The van der Waals surface area contributed by atoms with Crippen molar-refractivity contribution in [3.05, 3.63) is 28.4 Å². The highest BCUT2D eigenvalue weighted by molar-refractivity contribution is 14.1.